The van der Waals surface area contributed by atoms with Crippen molar-refractivity contribution in [2.24, 2.45) is 0 Å². The third kappa shape index (κ3) is 7.35. The molecule has 11 aromatic rings. The van der Waals surface area contributed by atoms with Gasteiger partial charge in [0.2, 0.25) is 0 Å². The second-order valence-corrected chi connectivity index (χ2v) is 14.9. The van der Waals surface area contributed by atoms with E-state index in [4.69, 9.17) is 24.8 Å². The normalized spacial score (nSPS) is 14.0. The van der Waals surface area contributed by atoms with Crippen LogP contribution < -0.4 is 9.30 Å². The van der Waals surface area contributed by atoms with Gasteiger partial charge < -0.3 is 13.9 Å². The van der Waals surface area contributed by atoms with Crippen molar-refractivity contribution in [1.82, 2.24) is 14.1 Å². The molecule has 63 heavy (non-hydrogen) atoms. The van der Waals surface area contributed by atoms with Crippen molar-refractivity contribution in [3.05, 3.63) is 224 Å². The number of ether oxygens (including phenoxy) is 1. The largest absolute Gasteiger partial charge is 0.510 e. The number of rotatable bonds is 9. The molecule has 306 valence electrons. The van der Waals surface area contributed by atoms with Gasteiger partial charge in [0.25, 0.3) is 6.33 Å². The van der Waals surface area contributed by atoms with Crippen LogP contribution in [-0.2, 0) is 21.1 Å². The van der Waals surface area contributed by atoms with Crippen LogP contribution in [0, 0.1) is 18.5 Å². The van der Waals surface area contributed by atoms with Crippen LogP contribution in [0.5, 0.6) is 11.5 Å². The Hall–Kier alpha value is -7.33. The minimum Gasteiger partial charge on any atom is -0.510 e. The average Bonchev–Trinajstić information content (AvgIpc) is 3.94. The first-order valence-electron chi connectivity index (χ1n) is 25.5. The molecule has 0 spiro atoms. The van der Waals surface area contributed by atoms with Crippen molar-refractivity contribution < 1.29 is 45.4 Å². The van der Waals surface area contributed by atoms with Gasteiger partial charge in [0.15, 0.2) is 0 Å². The summed E-state index contributed by atoms with van der Waals surface area (Å²) >= 11 is 0. The van der Waals surface area contributed by atoms with Crippen molar-refractivity contribution in [1.29, 1.82) is 0 Å². The maximum atomic E-state index is 9.10. The summed E-state index contributed by atoms with van der Waals surface area (Å²) in [5.74, 6) is 0.486. The summed E-state index contributed by atoms with van der Waals surface area (Å²) in [6.45, 7) is 3.67. The molecule has 0 aliphatic heterocycles. The predicted octanol–water partition coefficient (Wildman–Crippen LogP) is 13.7. The van der Waals surface area contributed by atoms with Gasteiger partial charge in [-0.25, -0.2) is 4.98 Å². The quantitative estimate of drug-likeness (QED) is 0.107. The fraction of sp³-hybridized carbons (Fsp3) is 0.0526. The zero-order valence-electron chi connectivity index (χ0n) is 44.8. The fourth-order valence-electron chi connectivity index (χ4n) is 7.99. The van der Waals surface area contributed by atoms with Gasteiger partial charge in [0.1, 0.15) is 5.82 Å². The first-order valence-corrected chi connectivity index (χ1v) is 20.0. The van der Waals surface area contributed by atoms with E-state index in [-0.39, 0.29) is 49.0 Å². The number of pyridine rings is 1. The van der Waals surface area contributed by atoms with E-state index in [2.05, 4.69) is 18.5 Å². The second-order valence-electron chi connectivity index (χ2n) is 14.9. The van der Waals surface area contributed by atoms with Crippen LogP contribution in [0.15, 0.2) is 200 Å². The first kappa shape index (κ1) is 29.1. The van der Waals surface area contributed by atoms with Crippen LogP contribution in [0.4, 0.5) is 0 Å². The van der Waals surface area contributed by atoms with Gasteiger partial charge in [0, 0.05) is 45.6 Å². The number of para-hydroxylation sites is 2. The van der Waals surface area contributed by atoms with Crippen molar-refractivity contribution in [3.63, 3.8) is 0 Å². The van der Waals surface area contributed by atoms with Crippen LogP contribution >= 0.6 is 0 Å². The molecule has 0 N–H and O–H groups in total. The minimum atomic E-state index is -0.861. The summed E-state index contributed by atoms with van der Waals surface area (Å²) < 4.78 is 108. The topological polar surface area (TPSA) is 35.9 Å². The molecular formula is C57H40N4OPt-2. The number of hydrogen-bond acceptors (Lipinski definition) is 2. The zero-order valence-corrected chi connectivity index (χ0v) is 36.1. The van der Waals surface area contributed by atoms with Crippen molar-refractivity contribution in [2.75, 3.05) is 0 Å². The number of fused-ring (bicyclic) bond motifs is 4. The SMILES string of the molecule is [2H]c1c([2H])c([2H])c(-c2cccc(-c3c([2H])c([2H])c([2H])c([2H])c3[2H])c2-[n+]2[c-]n(-c3[c-]c(Oc4[c-]c5c(cc4)c4ccccc4n5-c4cc(C([2H])(C)C)ccn4)ccc3)c3cc(-c4ccccc4)ccc32)c([2H])c1[2H].[Pt]. The van der Waals surface area contributed by atoms with E-state index < -0.39 is 66.3 Å². The molecule has 0 radical (unpaired) electrons. The molecule has 0 unspecified atom stereocenters. The van der Waals surface area contributed by atoms with Crippen molar-refractivity contribution >= 4 is 32.8 Å². The summed E-state index contributed by atoms with van der Waals surface area (Å²) in [4.78, 5) is 4.73. The van der Waals surface area contributed by atoms with E-state index in [1.165, 1.54) is 0 Å². The summed E-state index contributed by atoms with van der Waals surface area (Å²) in [7, 11) is 0. The molecule has 0 aliphatic rings. The number of hydrogen-bond donors (Lipinski definition) is 0. The van der Waals surface area contributed by atoms with Gasteiger partial charge in [-0.2, -0.15) is 18.2 Å². The van der Waals surface area contributed by atoms with Gasteiger partial charge in [-0.1, -0.05) is 159 Å². The van der Waals surface area contributed by atoms with E-state index in [0.717, 1.165) is 33.0 Å². The number of benzene rings is 8. The summed E-state index contributed by atoms with van der Waals surface area (Å²) in [6.07, 6.45) is 5.17. The first-order chi connectivity index (χ1) is 35.0. The van der Waals surface area contributed by atoms with E-state index in [1.54, 1.807) is 45.7 Å². The summed E-state index contributed by atoms with van der Waals surface area (Å²) in [5, 5.41) is 1.92. The molecule has 3 heterocycles. The molecule has 3 aromatic heterocycles. The van der Waals surface area contributed by atoms with Crippen molar-refractivity contribution in [3.8, 4) is 62.1 Å². The number of aromatic nitrogens is 4. The van der Waals surface area contributed by atoms with E-state index in [9.17, 15) is 0 Å². The summed E-state index contributed by atoms with van der Waals surface area (Å²) in [6, 6.07) is 42.7. The predicted molar refractivity (Wildman–Crippen MR) is 250 cm³/mol. The van der Waals surface area contributed by atoms with E-state index in [0.29, 0.717) is 39.6 Å². The smallest absolute Gasteiger partial charge is 0.268 e. The minimum absolute atomic E-state index is 0. The third-order valence-electron chi connectivity index (χ3n) is 10.9. The molecule has 0 bridgehead atoms. The van der Waals surface area contributed by atoms with Gasteiger partial charge in [-0.3, -0.25) is 4.57 Å². The van der Waals surface area contributed by atoms with E-state index in [1.807, 2.05) is 122 Å². The Morgan fingerprint density at radius 2 is 1.32 bits per heavy atom. The standard InChI is InChI=1S/C57H40N4O.Pt/c1-39(2)43-32-33-58-56(35-43)61-52-27-13-12-24-50(52)51-30-29-47(37-54(51)61)62-46-23-14-22-45(36-46)59-38-60(53-31-28-44(34-55(53)59)40-16-6-3-7-17-40)57-48(41-18-8-4-9-19-41)25-15-26-49(57)42-20-10-5-11-21-42;/h3-35,39H,1-2H3;/q-2;/i4D,5D,8D,9D,10D,11D,18D,19D,20D,21D,39D;. The van der Waals surface area contributed by atoms with Gasteiger partial charge in [0.05, 0.1) is 30.4 Å². The molecule has 0 aliphatic carbocycles. The van der Waals surface area contributed by atoms with Crippen LogP contribution in [0.1, 0.15) is 40.4 Å². The second kappa shape index (κ2) is 16.9. The van der Waals surface area contributed by atoms with Crippen LogP contribution in [-0.4, -0.2) is 14.1 Å². The Balaban J connectivity index is 0.00000626. The number of imidazole rings is 1. The van der Waals surface area contributed by atoms with Crippen LogP contribution in [0.25, 0.3) is 83.4 Å². The van der Waals surface area contributed by atoms with Crippen LogP contribution in [0.3, 0.4) is 0 Å². The fourth-order valence-corrected chi connectivity index (χ4v) is 7.99. The van der Waals surface area contributed by atoms with E-state index >= 15 is 0 Å². The Morgan fingerprint density at radius 3 is 2.06 bits per heavy atom. The molecule has 0 atom stereocenters. The maximum Gasteiger partial charge on any atom is 0.268 e. The monoisotopic (exact) mass is 1000 g/mol. The number of nitrogens with zero attached hydrogens (tertiary/aromatic N) is 4. The Labute approximate surface area is 396 Å². The van der Waals surface area contributed by atoms with Gasteiger partial charge >= 0.3 is 0 Å². The molecule has 5 nitrogen and oxygen atoms in total. The van der Waals surface area contributed by atoms with Gasteiger partial charge in [-0.05, 0) is 80.2 Å². The average molecular weight is 1000 g/mol. The molecule has 0 amide bonds. The summed E-state index contributed by atoms with van der Waals surface area (Å²) in [5.41, 5.74) is 5.83. The Morgan fingerprint density at radius 1 is 0.619 bits per heavy atom. The molecule has 0 fully saturated rings. The van der Waals surface area contributed by atoms with Crippen molar-refractivity contribution in [2.45, 2.75) is 19.7 Å². The molecule has 0 saturated heterocycles. The molecule has 11 rings (SSSR count). The maximum absolute atomic E-state index is 9.10. The molecule has 0 saturated carbocycles. The third-order valence-corrected chi connectivity index (χ3v) is 10.9. The van der Waals surface area contributed by atoms with Crippen LogP contribution in [0.2, 0.25) is 0 Å². The molecule has 6 heteroatoms. The zero-order chi connectivity index (χ0) is 51.2. The Bertz CT molecular complexity index is 3930. The van der Waals surface area contributed by atoms with Gasteiger partial charge in [-0.15, -0.1) is 29.7 Å². The Kier molecular flexibility index (Phi) is 7.77. The molecule has 8 aromatic carbocycles. The molecular weight excluding hydrogens is 952 g/mol.